The molecule has 16 heavy (non-hydrogen) atoms. The van der Waals surface area contributed by atoms with Crippen molar-refractivity contribution in [2.75, 3.05) is 7.11 Å². The summed E-state index contributed by atoms with van der Waals surface area (Å²) in [6.07, 6.45) is -0.981. The van der Waals surface area contributed by atoms with E-state index in [-0.39, 0.29) is 12.2 Å². The van der Waals surface area contributed by atoms with Crippen LogP contribution < -0.4 is 0 Å². The fourth-order valence-electron chi connectivity index (χ4n) is 1.54. The zero-order chi connectivity index (χ0) is 12.3. The highest BCUT2D eigenvalue weighted by molar-refractivity contribution is 5.70. The van der Waals surface area contributed by atoms with Gasteiger partial charge in [-0.25, -0.2) is 0 Å². The van der Waals surface area contributed by atoms with Gasteiger partial charge in [0.1, 0.15) is 5.75 Å². The Kier molecular flexibility index (Phi) is 3.90. The molecular weight excluding hydrogens is 208 g/mol. The van der Waals surface area contributed by atoms with Crippen molar-refractivity contribution in [2.24, 2.45) is 0 Å². The minimum atomic E-state index is -0.898. The number of ether oxygens (including phenoxy) is 1. The molecular formula is C12H16O4. The number of aliphatic hydroxyl groups is 1. The van der Waals surface area contributed by atoms with Gasteiger partial charge < -0.3 is 14.9 Å². The summed E-state index contributed by atoms with van der Waals surface area (Å²) in [5.74, 6) is -0.245. The number of carbonyl (C=O) groups is 1. The van der Waals surface area contributed by atoms with Gasteiger partial charge in [0.2, 0.25) is 0 Å². The fourth-order valence-corrected chi connectivity index (χ4v) is 1.54. The number of hydrogen-bond acceptors (Lipinski definition) is 4. The highest BCUT2D eigenvalue weighted by atomic mass is 16.5. The summed E-state index contributed by atoms with van der Waals surface area (Å²) >= 11 is 0. The Morgan fingerprint density at radius 3 is 2.31 bits per heavy atom. The van der Waals surface area contributed by atoms with E-state index in [1.54, 1.807) is 26.0 Å². The lowest BCUT2D eigenvalue weighted by Gasteiger charge is -2.12. The van der Waals surface area contributed by atoms with Crippen LogP contribution in [0.25, 0.3) is 0 Å². The van der Waals surface area contributed by atoms with Gasteiger partial charge >= 0.3 is 5.97 Å². The number of aromatic hydroxyl groups is 1. The molecule has 1 rings (SSSR count). The average Bonchev–Trinajstić information content (AvgIpc) is 2.24. The quantitative estimate of drug-likeness (QED) is 0.765. The first kappa shape index (κ1) is 12.5. The molecule has 4 nitrogen and oxygen atoms in total. The summed E-state index contributed by atoms with van der Waals surface area (Å²) in [6.45, 7) is 3.49. The number of phenols is 1. The van der Waals surface area contributed by atoms with Crippen LogP contribution in [-0.4, -0.2) is 23.3 Å². The number of aliphatic hydroxyl groups excluding tert-OH is 1. The molecule has 0 amide bonds. The normalized spacial score (nSPS) is 12.2. The summed E-state index contributed by atoms with van der Waals surface area (Å²) in [4.78, 5) is 11.0. The second-order valence-electron chi connectivity index (χ2n) is 3.80. The lowest BCUT2D eigenvalue weighted by atomic mass is 10.0. The number of carbonyl (C=O) groups excluding carboxylic acids is 1. The third-order valence-corrected chi connectivity index (χ3v) is 2.49. The standard InChI is InChI=1S/C12H16O4/c1-7-4-9(5-8(2)12(7)15)10(13)6-11(14)16-3/h4-5,10,13,15H,6H2,1-3H3/t10-/m1/s1. The topological polar surface area (TPSA) is 66.8 Å². The Morgan fingerprint density at radius 2 is 1.88 bits per heavy atom. The molecule has 0 fully saturated rings. The maximum absolute atomic E-state index is 11.0. The van der Waals surface area contributed by atoms with Crippen molar-refractivity contribution in [3.8, 4) is 5.75 Å². The molecule has 0 unspecified atom stereocenters. The van der Waals surface area contributed by atoms with Crippen LogP contribution in [0.4, 0.5) is 0 Å². The third-order valence-electron chi connectivity index (χ3n) is 2.49. The van der Waals surface area contributed by atoms with Crippen molar-refractivity contribution in [3.05, 3.63) is 28.8 Å². The number of rotatable bonds is 3. The van der Waals surface area contributed by atoms with Crippen LogP contribution in [0.1, 0.15) is 29.2 Å². The van der Waals surface area contributed by atoms with Gasteiger partial charge in [-0.15, -0.1) is 0 Å². The van der Waals surface area contributed by atoms with E-state index >= 15 is 0 Å². The van der Waals surface area contributed by atoms with E-state index in [0.717, 1.165) is 0 Å². The van der Waals surface area contributed by atoms with Gasteiger partial charge in [-0.05, 0) is 42.7 Å². The zero-order valence-electron chi connectivity index (χ0n) is 9.65. The van der Waals surface area contributed by atoms with Gasteiger partial charge in [-0.2, -0.15) is 0 Å². The van der Waals surface area contributed by atoms with E-state index in [9.17, 15) is 15.0 Å². The largest absolute Gasteiger partial charge is 0.507 e. The molecule has 88 valence electrons. The number of hydrogen-bond donors (Lipinski definition) is 2. The summed E-state index contributed by atoms with van der Waals surface area (Å²) in [5, 5.41) is 19.3. The Morgan fingerprint density at radius 1 is 1.38 bits per heavy atom. The van der Waals surface area contributed by atoms with Crippen molar-refractivity contribution in [1.82, 2.24) is 0 Å². The lowest BCUT2D eigenvalue weighted by Crippen LogP contribution is -2.08. The highest BCUT2D eigenvalue weighted by Crippen LogP contribution is 2.27. The summed E-state index contributed by atoms with van der Waals surface area (Å²) < 4.78 is 4.48. The molecule has 0 heterocycles. The monoisotopic (exact) mass is 224 g/mol. The Labute approximate surface area is 94.5 Å². The molecule has 0 aliphatic carbocycles. The Balaban J connectivity index is 2.92. The minimum Gasteiger partial charge on any atom is -0.507 e. The smallest absolute Gasteiger partial charge is 0.308 e. The van der Waals surface area contributed by atoms with Gasteiger partial charge in [-0.1, -0.05) is 0 Å². The van der Waals surface area contributed by atoms with Crippen LogP contribution in [0.5, 0.6) is 5.75 Å². The molecule has 1 atom stereocenters. The molecule has 0 bridgehead atoms. The van der Waals surface area contributed by atoms with Crippen LogP contribution in [0.2, 0.25) is 0 Å². The number of aryl methyl sites for hydroxylation is 2. The van der Waals surface area contributed by atoms with E-state index in [1.165, 1.54) is 7.11 Å². The number of methoxy groups -OCH3 is 1. The molecule has 1 aromatic carbocycles. The summed E-state index contributed by atoms with van der Waals surface area (Å²) in [7, 11) is 1.28. The van der Waals surface area contributed by atoms with Gasteiger partial charge in [0, 0.05) is 0 Å². The predicted octanol–water partition coefficient (Wildman–Crippen LogP) is 1.61. The Bertz CT molecular complexity index is 375. The second-order valence-corrected chi connectivity index (χ2v) is 3.80. The third kappa shape index (κ3) is 2.73. The lowest BCUT2D eigenvalue weighted by molar-refractivity contribution is -0.142. The van der Waals surface area contributed by atoms with E-state index in [2.05, 4.69) is 4.74 Å². The van der Waals surface area contributed by atoms with E-state index < -0.39 is 12.1 Å². The molecule has 0 aromatic heterocycles. The van der Waals surface area contributed by atoms with Crippen molar-refractivity contribution in [3.63, 3.8) is 0 Å². The van der Waals surface area contributed by atoms with Crippen molar-refractivity contribution >= 4 is 5.97 Å². The van der Waals surface area contributed by atoms with E-state index in [4.69, 9.17) is 0 Å². The van der Waals surface area contributed by atoms with Crippen LogP contribution in [0.15, 0.2) is 12.1 Å². The SMILES string of the molecule is COC(=O)C[C@@H](O)c1cc(C)c(O)c(C)c1. The van der Waals surface area contributed by atoms with Crippen LogP contribution in [0, 0.1) is 13.8 Å². The van der Waals surface area contributed by atoms with Gasteiger partial charge in [-0.3, -0.25) is 4.79 Å². The van der Waals surface area contributed by atoms with Crippen LogP contribution in [-0.2, 0) is 9.53 Å². The molecule has 1 aromatic rings. The molecule has 0 saturated heterocycles. The molecule has 4 heteroatoms. The highest BCUT2D eigenvalue weighted by Gasteiger charge is 2.15. The number of phenolic OH excluding ortho intramolecular Hbond substituents is 1. The van der Waals surface area contributed by atoms with Crippen molar-refractivity contribution < 1.29 is 19.7 Å². The van der Waals surface area contributed by atoms with E-state index in [1.807, 2.05) is 0 Å². The summed E-state index contributed by atoms with van der Waals surface area (Å²) in [6, 6.07) is 3.33. The van der Waals surface area contributed by atoms with Crippen LogP contribution in [0.3, 0.4) is 0 Å². The first-order chi connectivity index (χ1) is 7.45. The fraction of sp³-hybridized carbons (Fsp3) is 0.417. The number of benzene rings is 1. The Hall–Kier alpha value is -1.55. The molecule has 0 spiro atoms. The molecule has 0 radical (unpaired) electrons. The second kappa shape index (κ2) is 4.99. The first-order valence-electron chi connectivity index (χ1n) is 5.00. The summed E-state index contributed by atoms with van der Waals surface area (Å²) in [5.41, 5.74) is 1.97. The molecule has 0 aliphatic rings. The molecule has 0 saturated carbocycles. The van der Waals surface area contributed by atoms with Gasteiger partial charge in [0.05, 0.1) is 19.6 Å². The number of esters is 1. The first-order valence-corrected chi connectivity index (χ1v) is 5.00. The van der Waals surface area contributed by atoms with Gasteiger partial charge in [0.25, 0.3) is 0 Å². The van der Waals surface area contributed by atoms with Crippen molar-refractivity contribution in [2.45, 2.75) is 26.4 Å². The van der Waals surface area contributed by atoms with Crippen LogP contribution >= 0.6 is 0 Å². The minimum absolute atomic E-state index is 0.0832. The van der Waals surface area contributed by atoms with Gasteiger partial charge in [0.15, 0.2) is 0 Å². The zero-order valence-corrected chi connectivity index (χ0v) is 9.65. The maximum atomic E-state index is 11.0. The maximum Gasteiger partial charge on any atom is 0.308 e. The van der Waals surface area contributed by atoms with E-state index in [0.29, 0.717) is 16.7 Å². The molecule has 2 N–H and O–H groups in total. The van der Waals surface area contributed by atoms with Crippen molar-refractivity contribution in [1.29, 1.82) is 0 Å². The predicted molar refractivity (Wildman–Crippen MR) is 59.2 cm³/mol. The molecule has 0 aliphatic heterocycles. The average molecular weight is 224 g/mol.